The van der Waals surface area contributed by atoms with Crippen molar-refractivity contribution < 1.29 is 19.8 Å². The molecule has 0 aliphatic heterocycles. The van der Waals surface area contributed by atoms with Gasteiger partial charge in [0, 0.05) is 13.2 Å². The number of carboxylic acid groups (broad SMARTS) is 2. The Labute approximate surface area is 108 Å². The molecule has 0 unspecified atom stereocenters. The Morgan fingerprint density at radius 2 is 1.74 bits per heavy atom. The first kappa shape index (κ1) is 14.2. The summed E-state index contributed by atoms with van der Waals surface area (Å²) in [7, 11) is 1.83. The summed E-state index contributed by atoms with van der Waals surface area (Å²) in [4.78, 5) is 20.8. The van der Waals surface area contributed by atoms with E-state index in [0.717, 1.165) is 11.9 Å². The van der Waals surface area contributed by atoms with Crippen LogP contribution in [0.5, 0.6) is 0 Å². The van der Waals surface area contributed by atoms with Gasteiger partial charge in [0.05, 0.1) is 11.1 Å². The van der Waals surface area contributed by atoms with Gasteiger partial charge >= 0.3 is 11.9 Å². The molecule has 0 fully saturated rings. The van der Waals surface area contributed by atoms with Crippen LogP contribution in [0.15, 0.2) is 36.5 Å². The van der Waals surface area contributed by atoms with Crippen LogP contribution in [-0.2, 0) is 0 Å². The van der Waals surface area contributed by atoms with Crippen molar-refractivity contribution in [3.05, 3.63) is 47.7 Å². The molecule has 0 aliphatic rings. The van der Waals surface area contributed by atoms with Crippen LogP contribution >= 0.6 is 0 Å². The first-order chi connectivity index (χ1) is 9.04. The van der Waals surface area contributed by atoms with Gasteiger partial charge < -0.3 is 15.5 Å². The number of rotatable bonds is 3. The quantitative estimate of drug-likeness (QED) is 0.667. The van der Waals surface area contributed by atoms with E-state index in [0.29, 0.717) is 0 Å². The Morgan fingerprint density at radius 1 is 1.16 bits per heavy atom. The van der Waals surface area contributed by atoms with Gasteiger partial charge in [-0.2, -0.15) is 5.10 Å². The lowest BCUT2D eigenvalue weighted by atomic mass is 10.1. The SMILES string of the molecule is CNc1cc[nH]n1.O=C(O)c1cccc(C(=O)O)c1. The average molecular weight is 263 g/mol. The summed E-state index contributed by atoms with van der Waals surface area (Å²) < 4.78 is 0. The number of hydrogen-bond donors (Lipinski definition) is 4. The molecular weight excluding hydrogens is 250 g/mol. The number of aromatic nitrogens is 2. The maximum Gasteiger partial charge on any atom is 0.335 e. The molecule has 7 nitrogen and oxygen atoms in total. The molecule has 0 spiro atoms. The number of carboxylic acids is 2. The van der Waals surface area contributed by atoms with E-state index in [4.69, 9.17) is 10.2 Å². The summed E-state index contributed by atoms with van der Waals surface area (Å²) in [6, 6.07) is 7.06. The first-order valence-corrected chi connectivity index (χ1v) is 5.28. The molecule has 19 heavy (non-hydrogen) atoms. The topological polar surface area (TPSA) is 115 Å². The fourth-order valence-electron chi connectivity index (χ4n) is 1.18. The third-order valence-electron chi connectivity index (χ3n) is 2.11. The molecular formula is C12H13N3O4. The number of nitrogens with zero attached hydrogens (tertiary/aromatic N) is 1. The second kappa shape index (κ2) is 6.80. The van der Waals surface area contributed by atoms with Crippen molar-refractivity contribution >= 4 is 17.8 Å². The summed E-state index contributed by atoms with van der Waals surface area (Å²) in [6.45, 7) is 0. The van der Waals surface area contributed by atoms with Crippen molar-refractivity contribution in [1.82, 2.24) is 10.2 Å². The van der Waals surface area contributed by atoms with E-state index in [2.05, 4.69) is 15.5 Å². The van der Waals surface area contributed by atoms with Crippen molar-refractivity contribution in [3.8, 4) is 0 Å². The highest BCUT2D eigenvalue weighted by Crippen LogP contribution is 2.04. The van der Waals surface area contributed by atoms with E-state index >= 15 is 0 Å². The molecule has 0 radical (unpaired) electrons. The van der Waals surface area contributed by atoms with Gasteiger partial charge in [0.25, 0.3) is 0 Å². The third kappa shape index (κ3) is 4.50. The molecule has 2 rings (SSSR count). The smallest absolute Gasteiger partial charge is 0.335 e. The summed E-state index contributed by atoms with van der Waals surface area (Å²) >= 11 is 0. The molecule has 0 bridgehead atoms. The third-order valence-corrected chi connectivity index (χ3v) is 2.11. The molecule has 0 atom stereocenters. The monoisotopic (exact) mass is 263 g/mol. The summed E-state index contributed by atoms with van der Waals surface area (Å²) in [5.74, 6) is -1.38. The van der Waals surface area contributed by atoms with Crippen molar-refractivity contribution in [2.45, 2.75) is 0 Å². The second-order valence-corrected chi connectivity index (χ2v) is 3.40. The van der Waals surface area contributed by atoms with Crippen molar-refractivity contribution in [2.24, 2.45) is 0 Å². The van der Waals surface area contributed by atoms with Crippen molar-refractivity contribution in [2.75, 3.05) is 12.4 Å². The van der Waals surface area contributed by atoms with E-state index in [1.165, 1.54) is 18.2 Å². The van der Waals surface area contributed by atoms with E-state index in [9.17, 15) is 9.59 Å². The van der Waals surface area contributed by atoms with Crippen molar-refractivity contribution in [3.63, 3.8) is 0 Å². The second-order valence-electron chi connectivity index (χ2n) is 3.40. The lowest BCUT2D eigenvalue weighted by Gasteiger charge is -1.95. The van der Waals surface area contributed by atoms with Crippen LogP contribution in [0.1, 0.15) is 20.7 Å². The highest BCUT2D eigenvalue weighted by Gasteiger charge is 2.06. The van der Waals surface area contributed by atoms with E-state index < -0.39 is 11.9 Å². The van der Waals surface area contributed by atoms with E-state index in [1.54, 1.807) is 6.20 Å². The molecule has 0 saturated heterocycles. The maximum absolute atomic E-state index is 10.4. The minimum absolute atomic E-state index is 0.0186. The lowest BCUT2D eigenvalue weighted by molar-refractivity contribution is 0.0696. The molecule has 7 heteroatoms. The van der Waals surface area contributed by atoms with Crippen molar-refractivity contribution in [1.29, 1.82) is 0 Å². The number of H-pyrrole nitrogens is 1. The van der Waals surface area contributed by atoms with Crippen LogP contribution in [0.4, 0.5) is 5.82 Å². The van der Waals surface area contributed by atoms with Gasteiger partial charge in [-0.05, 0) is 24.3 Å². The highest BCUT2D eigenvalue weighted by atomic mass is 16.4. The zero-order chi connectivity index (χ0) is 14.3. The molecule has 100 valence electrons. The van der Waals surface area contributed by atoms with Gasteiger partial charge in [-0.1, -0.05) is 6.07 Å². The predicted octanol–water partition coefficient (Wildman–Crippen LogP) is 1.53. The molecule has 4 N–H and O–H groups in total. The standard InChI is InChI=1S/C8H6O4.C4H7N3/c9-7(10)5-2-1-3-6(4-5)8(11)12;1-5-4-2-3-6-7-4/h1-4H,(H,9,10)(H,11,12);2-3H,1H3,(H2,5,6,7). The Hall–Kier alpha value is -2.83. The Bertz CT molecular complexity index is 523. The summed E-state index contributed by atoms with van der Waals surface area (Å²) in [6.07, 6.45) is 1.77. The van der Waals surface area contributed by atoms with Crippen LogP contribution in [0.3, 0.4) is 0 Å². The number of hydrogen-bond acceptors (Lipinski definition) is 4. The molecule has 0 aliphatic carbocycles. The predicted molar refractivity (Wildman–Crippen MR) is 68.5 cm³/mol. The Morgan fingerprint density at radius 3 is 2.05 bits per heavy atom. The van der Waals surface area contributed by atoms with Gasteiger partial charge in [0.15, 0.2) is 0 Å². The van der Waals surface area contributed by atoms with Gasteiger partial charge in [0.2, 0.25) is 0 Å². The zero-order valence-corrected chi connectivity index (χ0v) is 10.1. The zero-order valence-electron chi connectivity index (χ0n) is 10.1. The average Bonchev–Trinajstić information content (AvgIpc) is 2.92. The molecule has 2 aromatic rings. The fraction of sp³-hybridized carbons (Fsp3) is 0.0833. The van der Waals surface area contributed by atoms with Crippen LogP contribution in [0, 0.1) is 0 Å². The van der Waals surface area contributed by atoms with Gasteiger partial charge in [-0.15, -0.1) is 0 Å². The maximum atomic E-state index is 10.4. The van der Waals surface area contributed by atoms with Crippen LogP contribution < -0.4 is 5.32 Å². The minimum Gasteiger partial charge on any atom is -0.478 e. The van der Waals surface area contributed by atoms with E-state index in [-0.39, 0.29) is 11.1 Å². The minimum atomic E-state index is -1.13. The largest absolute Gasteiger partial charge is 0.478 e. The summed E-state index contributed by atoms with van der Waals surface area (Å²) in [5.41, 5.74) is -0.0372. The number of aromatic amines is 1. The molecule has 1 aromatic carbocycles. The van der Waals surface area contributed by atoms with Crippen LogP contribution in [-0.4, -0.2) is 39.4 Å². The van der Waals surface area contributed by atoms with Crippen LogP contribution in [0.25, 0.3) is 0 Å². The lowest BCUT2D eigenvalue weighted by Crippen LogP contribution is -2.01. The number of benzene rings is 1. The Balaban J connectivity index is 0.000000218. The van der Waals surface area contributed by atoms with E-state index in [1.807, 2.05) is 13.1 Å². The number of aromatic carboxylic acids is 2. The molecule has 1 aromatic heterocycles. The number of carbonyl (C=O) groups is 2. The van der Waals surface area contributed by atoms with Gasteiger partial charge in [-0.3, -0.25) is 5.10 Å². The number of nitrogens with one attached hydrogen (secondary N) is 2. The number of anilines is 1. The fourth-order valence-corrected chi connectivity index (χ4v) is 1.18. The van der Waals surface area contributed by atoms with Gasteiger partial charge in [-0.25, -0.2) is 9.59 Å². The molecule has 1 heterocycles. The summed E-state index contributed by atoms with van der Waals surface area (Å²) in [5, 5.41) is 26.3. The normalized spacial score (nSPS) is 9.11. The highest BCUT2D eigenvalue weighted by molar-refractivity contribution is 5.93. The van der Waals surface area contributed by atoms with Gasteiger partial charge in [0.1, 0.15) is 5.82 Å². The first-order valence-electron chi connectivity index (χ1n) is 5.28. The Kier molecular flexibility index (Phi) is 5.09. The van der Waals surface area contributed by atoms with Crippen LogP contribution in [0.2, 0.25) is 0 Å². The molecule has 0 saturated carbocycles. The molecule has 0 amide bonds.